The molecule has 1 fully saturated rings. The monoisotopic (exact) mass is 414 g/mol. The molecule has 0 bridgehead atoms. The van der Waals surface area contributed by atoms with E-state index in [1.165, 1.54) is 37.0 Å². The number of β-lactam (4-membered cyclic amide) rings is 1. The second-order valence-corrected chi connectivity index (χ2v) is 7.59. The summed E-state index contributed by atoms with van der Waals surface area (Å²) in [5, 5.41) is 12.6. The van der Waals surface area contributed by atoms with Crippen molar-refractivity contribution in [2.75, 3.05) is 5.75 Å². The minimum atomic E-state index is -1.34. The highest BCUT2D eigenvalue weighted by Gasteiger charge is 2.59. The summed E-state index contributed by atoms with van der Waals surface area (Å²) >= 11 is 1.22. The van der Waals surface area contributed by atoms with Crippen LogP contribution in [0.1, 0.15) is 27.6 Å². The Morgan fingerprint density at radius 2 is 1.79 bits per heavy atom. The van der Waals surface area contributed by atoms with Crippen molar-refractivity contribution in [1.29, 1.82) is 0 Å². The van der Waals surface area contributed by atoms with Gasteiger partial charge in [-0.25, -0.2) is 10.2 Å². The summed E-state index contributed by atoms with van der Waals surface area (Å²) in [7, 11) is 0. The van der Waals surface area contributed by atoms with Gasteiger partial charge < -0.3 is 5.11 Å². The molecule has 0 aromatic heterocycles. The smallest absolute Gasteiger partial charge is 0.353 e. The number of nitrogens with zero attached hydrogens (tertiary/aromatic N) is 3. The van der Waals surface area contributed by atoms with Crippen molar-refractivity contribution >= 4 is 47.6 Å². The highest BCUT2D eigenvalue weighted by molar-refractivity contribution is 8.00. The molecule has 0 spiro atoms. The molecule has 0 radical (unpaired) electrons. The predicted molar refractivity (Wildman–Crippen MR) is 101 cm³/mol. The largest absolute Gasteiger partial charge is 0.477 e. The number of nitrogens with one attached hydrogen (secondary N) is 1. The van der Waals surface area contributed by atoms with E-state index in [0.29, 0.717) is 0 Å². The van der Waals surface area contributed by atoms with Crippen LogP contribution in [0.4, 0.5) is 0 Å². The first-order valence-corrected chi connectivity index (χ1v) is 9.55. The number of carboxylic acid groups (broad SMARTS) is 1. The molecule has 10 nitrogen and oxygen atoms in total. The number of carboxylic acids is 1. The van der Waals surface area contributed by atoms with Crippen LogP contribution >= 0.6 is 11.8 Å². The van der Waals surface area contributed by atoms with E-state index in [1.54, 1.807) is 12.1 Å². The van der Waals surface area contributed by atoms with Gasteiger partial charge in [-0.3, -0.25) is 29.0 Å². The predicted octanol–water partition coefficient (Wildman–Crippen LogP) is 0.0269. The number of hydrogen-bond acceptors (Lipinski definition) is 7. The van der Waals surface area contributed by atoms with Crippen LogP contribution in [0.15, 0.2) is 40.6 Å². The highest BCUT2D eigenvalue weighted by atomic mass is 32.2. The molecule has 2 atom stereocenters. The van der Waals surface area contributed by atoms with Crippen molar-refractivity contribution in [3.63, 3.8) is 0 Å². The van der Waals surface area contributed by atoms with Crippen LogP contribution in [-0.2, 0) is 14.4 Å². The fourth-order valence-corrected chi connectivity index (χ4v) is 4.83. The highest BCUT2D eigenvalue weighted by Crippen LogP contribution is 2.43. The maximum atomic E-state index is 12.8. The molecule has 0 saturated carbocycles. The van der Waals surface area contributed by atoms with Gasteiger partial charge in [0.2, 0.25) is 5.91 Å². The molecular weight excluding hydrogens is 400 g/mol. The SMILES string of the molecule is CC(=O)NN=CC1=C(C(=O)O)N2C(=O)C(N3C(=O)c4ccccc4C3=O)[C@@H]2SC1. The molecule has 4 amide bonds. The number of fused-ring (bicyclic) bond motifs is 2. The van der Waals surface area contributed by atoms with E-state index in [-0.39, 0.29) is 28.1 Å². The zero-order chi connectivity index (χ0) is 20.9. The van der Waals surface area contributed by atoms with Crippen molar-refractivity contribution in [1.82, 2.24) is 15.2 Å². The van der Waals surface area contributed by atoms with Crippen molar-refractivity contribution < 1.29 is 29.1 Å². The summed E-state index contributed by atoms with van der Waals surface area (Å²) < 4.78 is 0. The molecule has 4 rings (SSSR count). The number of carbonyl (C=O) groups is 5. The lowest BCUT2D eigenvalue weighted by Crippen LogP contribution is -2.71. The molecule has 1 aromatic carbocycles. The Labute approximate surface area is 168 Å². The van der Waals surface area contributed by atoms with Crippen LogP contribution in [0, 0.1) is 0 Å². The molecule has 0 aliphatic carbocycles. The van der Waals surface area contributed by atoms with E-state index in [9.17, 15) is 29.1 Å². The molecule has 1 aromatic rings. The maximum absolute atomic E-state index is 12.8. The summed E-state index contributed by atoms with van der Waals surface area (Å²) in [4.78, 5) is 62.9. The summed E-state index contributed by atoms with van der Waals surface area (Å²) in [5.41, 5.74) is 2.58. The number of thioether (sulfide) groups is 1. The number of aliphatic carboxylic acids is 1. The molecule has 29 heavy (non-hydrogen) atoms. The van der Waals surface area contributed by atoms with Crippen LogP contribution in [0.3, 0.4) is 0 Å². The number of rotatable bonds is 4. The summed E-state index contributed by atoms with van der Waals surface area (Å²) in [6, 6.07) is 5.22. The molecule has 148 valence electrons. The van der Waals surface area contributed by atoms with Crippen LogP contribution in [-0.4, -0.2) is 67.9 Å². The van der Waals surface area contributed by atoms with Gasteiger partial charge in [-0.2, -0.15) is 5.10 Å². The summed E-state index contributed by atoms with van der Waals surface area (Å²) in [6.07, 6.45) is 1.18. The fourth-order valence-electron chi connectivity index (χ4n) is 3.49. The quantitative estimate of drug-likeness (QED) is 0.307. The molecule has 3 aliphatic heterocycles. The molecular formula is C18H14N4O6S. The molecule has 2 N–H and O–H groups in total. The van der Waals surface area contributed by atoms with Gasteiger partial charge in [0.05, 0.1) is 17.3 Å². The maximum Gasteiger partial charge on any atom is 0.353 e. The number of benzene rings is 1. The zero-order valence-corrected chi connectivity index (χ0v) is 15.8. The first-order chi connectivity index (χ1) is 13.8. The number of hydrogen-bond donors (Lipinski definition) is 2. The Kier molecular flexibility index (Phi) is 4.46. The van der Waals surface area contributed by atoms with Crippen LogP contribution in [0.25, 0.3) is 0 Å². The molecule has 3 aliphatic rings. The van der Waals surface area contributed by atoms with E-state index in [0.717, 1.165) is 9.80 Å². The minimum absolute atomic E-state index is 0.179. The first-order valence-electron chi connectivity index (χ1n) is 8.50. The third-order valence-corrected chi connectivity index (χ3v) is 6.01. The number of carbonyl (C=O) groups excluding carboxylic acids is 4. The molecule has 3 heterocycles. The van der Waals surface area contributed by atoms with Gasteiger partial charge in [0.15, 0.2) is 0 Å². The Hall–Kier alpha value is -3.47. The van der Waals surface area contributed by atoms with Gasteiger partial charge in [-0.05, 0) is 12.1 Å². The van der Waals surface area contributed by atoms with Crippen molar-refractivity contribution in [2.45, 2.75) is 18.3 Å². The van der Waals surface area contributed by atoms with Gasteiger partial charge in [-0.1, -0.05) is 12.1 Å². The Morgan fingerprint density at radius 1 is 1.17 bits per heavy atom. The van der Waals surface area contributed by atoms with Gasteiger partial charge in [0.25, 0.3) is 17.7 Å². The Bertz CT molecular complexity index is 1010. The molecule has 1 unspecified atom stereocenters. The average molecular weight is 414 g/mol. The van der Waals surface area contributed by atoms with Gasteiger partial charge in [0.1, 0.15) is 17.1 Å². The Balaban J connectivity index is 1.64. The number of amides is 4. The van der Waals surface area contributed by atoms with Crippen molar-refractivity contribution in [2.24, 2.45) is 5.10 Å². The van der Waals surface area contributed by atoms with E-state index in [4.69, 9.17) is 0 Å². The molecule has 1 saturated heterocycles. The lowest BCUT2D eigenvalue weighted by atomic mass is 10.0. The second-order valence-electron chi connectivity index (χ2n) is 6.49. The fraction of sp³-hybridized carbons (Fsp3) is 0.222. The van der Waals surface area contributed by atoms with Crippen LogP contribution in [0.2, 0.25) is 0 Å². The summed E-state index contributed by atoms with van der Waals surface area (Å²) in [5.74, 6) is -3.37. The number of imide groups is 1. The van der Waals surface area contributed by atoms with Gasteiger partial charge in [-0.15, -0.1) is 11.8 Å². The second kappa shape index (κ2) is 6.85. The van der Waals surface area contributed by atoms with E-state index in [1.807, 2.05) is 0 Å². The first kappa shape index (κ1) is 18.9. The van der Waals surface area contributed by atoms with Crippen LogP contribution < -0.4 is 5.43 Å². The van der Waals surface area contributed by atoms with Gasteiger partial charge in [0, 0.05) is 18.2 Å². The summed E-state index contributed by atoms with van der Waals surface area (Å²) in [6.45, 7) is 1.25. The lowest BCUT2D eigenvalue weighted by molar-refractivity contribution is -0.151. The number of hydrazone groups is 1. The van der Waals surface area contributed by atoms with Crippen molar-refractivity contribution in [3.8, 4) is 0 Å². The van der Waals surface area contributed by atoms with Gasteiger partial charge >= 0.3 is 5.97 Å². The normalized spacial score (nSPS) is 23.3. The third-order valence-electron chi connectivity index (χ3n) is 4.72. The van der Waals surface area contributed by atoms with E-state index >= 15 is 0 Å². The third kappa shape index (κ3) is 2.81. The molecule has 11 heteroatoms. The van der Waals surface area contributed by atoms with E-state index < -0.39 is 41.0 Å². The standard InChI is InChI=1S/C18H14N4O6S/c1-8(23)20-19-6-9-7-29-17-13(16(26)22(17)12(9)18(27)28)21-14(24)10-4-2-3-5-11(10)15(21)25/h2-6,13,17H,7H2,1H3,(H,20,23)(H,27,28)/t13?,17-/m0/s1. The minimum Gasteiger partial charge on any atom is -0.477 e. The van der Waals surface area contributed by atoms with E-state index in [2.05, 4.69) is 10.5 Å². The average Bonchev–Trinajstić information content (AvgIpc) is 2.93. The van der Waals surface area contributed by atoms with Crippen molar-refractivity contribution in [3.05, 3.63) is 46.7 Å². The Morgan fingerprint density at radius 3 is 2.34 bits per heavy atom. The zero-order valence-electron chi connectivity index (χ0n) is 15.0. The van der Waals surface area contributed by atoms with Crippen LogP contribution in [0.5, 0.6) is 0 Å². The topological polar surface area (TPSA) is 136 Å². The lowest BCUT2D eigenvalue weighted by Gasteiger charge is -2.51.